The van der Waals surface area contributed by atoms with Crippen molar-refractivity contribution in [3.05, 3.63) is 18.0 Å². The Balaban J connectivity index is 3.04. The Morgan fingerprint density at radius 2 is 2.57 bits per heavy atom. The van der Waals surface area contributed by atoms with Gasteiger partial charge in [-0.1, -0.05) is 0 Å². The topological polar surface area (TPSA) is 43.8 Å². The van der Waals surface area contributed by atoms with Crippen molar-refractivity contribution in [1.82, 2.24) is 9.89 Å². The largest absolute Gasteiger partial charge is 0.323 e. The average molecular weight is 97.1 g/mol. The molecule has 0 aliphatic heterocycles. The van der Waals surface area contributed by atoms with Gasteiger partial charge in [-0.05, 0) is 12.5 Å². The zero-order chi connectivity index (χ0) is 5.28. The summed E-state index contributed by atoms with van der Waals surface area (Å²) in [6.45, 7) is 1.94. The van der Waals surface area contributed by atoms with E-state index < -0.39 is 0 Å². The molecule has 0 spiro atoms. The van der Waals surface area contributed by atoms with E-state index in [1.165, 1.54) is 4.79 Å². The van der Waals surface area contributed by atoms with Gasteiger partial charge in [0.2, 0.25) is 0 Å². The van der Waals surface area contributed by atoms with E-state index in [1.54, 1.807) is 12.4 Å². The smallest absolute Gasteiger partial charge is 0.0539 e. The number of aryl methyl sites for hydroxylation is 1. The van der Waals surface area contributed by atoms with Crippen molar-refractivity contribution >= 4 is 0 Å². The summed E-state index contributed by atoms with van der Waals surface area (Å²) in [6, 6.07) is 0. The maximum atomic E-state index is 5.18. The second-order valence-corrected chi connectivity index (χ2v) is 1.50. The van der Waals surface area contributed by atoms with Crippen molar-refractivity contribution in [2.45, 2.75) is 6.92 Å². The van der Waals surface area contributed by atoms with Gasteiger partial charge >= 0.3 is 0 Å². The maximum Gasteiger partial charge on any atom is 0.0539 e. The third-order valence-electron chi connectivity index (χ3n) is 0.731. The van der Waals surface area contributed by atoms with Crippen molar-refractivity contribution in [3.63, 3.8) is 0 Å². The molecular weight excluding hydrogens is 90.1 g/mol. The molecule has 38 valence electrons. The van der Waals surface area contributed by atoms with Gasteiger partial charge in [-0.15, -0.1) is 0 Å². The Labute approximate surface area is 41.7 Å². The molecule has 0 aromatic carbocycles. The van der Waals surface area contributed by atoms with Gasteiger partial charge in [0.1, 0.15) is 0 Å². The fourth-order valence-corrected chi connectivity index (χ4v) is 0.433. The number of nitrogens with two attached hydrogens (primary N) is 1. The molecule has 0 saturated heterocycles. The molecule has 3 nitrogen and oxygen atoms in total. The van der Waals surface area contributed by atoms with Gasteiger partial charge in [0.15, 0.2) is 0 Å². The van der Waals surface area contributed by atoms with Crippen LogP contribution in [0.25, 0.3) is 0 Å². The van der Waals surface area contributed by atoms with E-state index in [4.69, 9.17) is 5.84 Å². The summed E-state index contributed by atoms with van der Waals surface area (Å²) >= 11 is 0. The third kappa shape index (κ3) is 0.707. The van der Waals surface area contributed by atoms with Crippen LogP contribution >= 0.6 is 0 Å². The van der Waals surface area contributed by atoms with Crippen LogP contribution in [0, 0.1) is 6.92 Å². The van der Waals surface area contributed by atoms with Crippen LogP contribution in [0.4, 0.5) is 0 Å². The lowest BCUT2D eigenvalue weighted by Gasteiger charge is -1.79. The van der Waals surface area contributed by atoms with Gasteiger partial charge in [0.05, 0.1) is 12.4 Å². The number of hydrogen-bond donors (Lipinski definition) is 1. The Hall–Kier alpha value is -0.990. The second-order valence-electron chi connectivity index (χ2n) is 1.50. The van der Waals surface area contributed by atoms with E-state index in [2.05, 4.69) is 5.10 Å². The molecule has 0 atom stereocenters. The van der Waals surface area contributed by atoms with Crippen LogP contribution in [0.15, 0.2) is 12.4 Å². The predicted molar refractivity (Wildman–Crippen MR) is 27.1 cm³/mol. The van der Waals surface area contributed by atoms with Crippen molar-refractivity contribution in [1.29, 1.82) is 0 Å². The Kier molecular flexibility index (Phi) is 0.749. The first kappa shape index (κ1) is 4.18. The molecular formula is C4H7N3. The number of aromatic nitrogens is 2. The molecule has 0 bridgehead atoms. The van der Waals surface area contributed by atoms with E-state index in [0.29, 0.717) is 0 Å². The van der Waals surface area contributed by atoms with Crippen molar-refractivity contribution in [3.8, 4) is 0 Å². The molecule has 7 heavy (non-hydrogen) atoms. The second kappa shape index (κ2) is 1.26. The zero-order valence-corrected chi connectivity index (χ0v) is 4.13. The third-order valence-corrected chi connectivity index (χ3v) is 0.731. The van der Waals surface area contributed by atoms with E-state index >= 15 is 0 Å². The molecule has 0 radical (unpaired) electrons. The minimum absolute atomic E-state index is 1.09. The van der Waals surface area contributed by atoms with Gasteiger partial charge in [-0.25, -0.2) is 0 Å². The summed E-state index contributed by atoms with van der Waals surface area (Å²) in [5, 5.41) is 3.71. The van der Waals surface area contributed by atoms with Crippen LogP contribution in [0.2, 0.25) is 0 Å². The summed E-state index contributed by atoms with van der Waals surface area (Å²) in [5.41, 5.74) is 1.09. The highest BCUT2D eigenvalue weighted by molar-refractivity contribution is 4.98. The van der Waals surface area contributed by atoms with E-state index in [0.717, 1.165) is 5.56 Å². The van der Waals surface area contributed by atoms with Crippen LogP contribution in [0.5, 0.6) is 0 Å². The lowest BCUT2D eigenvalue weighted by Crippen LogP contribution is -2.06. The normalized spacial score (nSPS) is 9.29. The number of rotatable bonds is 0. The van der Waals surface area contributed by atoms with Crippen molar-refractivity contribution < 1.29 is 0 Å². The van der Waals surface area contributed by atoms with Crippen molar-refractivity contribution in [2.24, 2.45) is 0 Å². The monoisotopic (exact) mass is 97.1 g/mol. The zero-order valence-electron chi connectivity index (χ0n) is 4.13. The molecule has 3 heteroatoms. The molecule has 0 aliphatic carbocycles. The molecule has 1 aromatic heterocycles. The summed E-state index contributed by atoms with van der Waals surface area (Å²) in [7, 11) is 0. The lowest BCUT2D eigenvalue weighted by atomic mass is 10.4. The van der Waals surface area contributed by atoms with Gasteiger partial charge in [-0.2, -0.15) is 9.89 Å². The predicted octanol–water partition coefficient (Wildman–Crippen LogP) is -0.0947. The highest BCUT2D eigenvalue weighted by Crippen LogP contribution is 1.87. The molecule has 1 aromatic rings. The van der Waals surface area contributed by atoms with Crippen LogP contribution in [0.1, 0.15) is 5.56 Å². The Bertz CT molecular complexity index is 139. The number of nitrogen functional groups attached to an aromatic ring is 1. The standard InChI is InChI=1S/C4H7N3/c1-4-2-6-7(5)3-4/h2-3H,5H2,1H3. The van der Waals surface area contributed by atoms with Crippen LogP contribution in [-0.4, -0.2) is 9.89 Å². The minimum Gasteiger partial charge on any atom is -0.323 e. The first-order chi connectivity index (χ1) is 3.29. The summed E-state index contributed by atoms with van der Waals surface area (Å²) in [4.78, 5) is 1.29. The Morgan fingerprint density at radius 3 is 2.71 bits per heavy atom. The van der Waals surface area contributed by atoms with E-state index in [9.17, 15) is 0 Å². The van der Waals surface area contributed by atoms with Gasteiger partial charge in [0, 0.05) is 0 Å². The number of hydrogen-bond acceptors (Lipinski definition) is 2. The van der Waals surface area contributed by atoms with Crippen LogP contribution in [0.3, 0.4) is 0 Å². The maximum absolute atomic E-state index is 5.18. The van der Waals surface area contributed by atoms with Gasteiger partial charge in [-0.3, -0.25) is 0 Å². The summed E-state index contributed by atoms with van der Waals surface area (Å²) < 4.78 is 0. The van der Waals surface area contributed by atoms with Gasteiger partial charge < -0.3 is 5.84 Å². The first-order valence-electron chi connectivity index (χ1n) is 2.05. The van der Waals surface area contributed by atoms with Crippen LogP contribution in [-0.2, 0) is 0 Å². The molecule has 0 saturated carbocycles. The molecule has 0 fully saturated rings. The molecule has 2 N–H and O–H groups in total. The molecule has 0 unspecified atom stereocenters. The summed E-state index contributed by atoms with van der Waals surface area (Å²) in [5.74, 6) is 5.18. The molecule has 1 heterocycles. The van der Waals surface area contributed by atoms with Gasteiger partial charge in [0.25, 0.3) is 0 Å². The van der Waals surface area contributed by atoms with E-state index in [1.807, 2.05) is 6.92 Å². The summed E-state index contributed by atoms with van der Waals surface area (Å²) in [6.07, 6.45) is 3.46. The highest BCUT2D eigenvalue weighted by atomic mass is 15.5. The van der Waals surface area contributed by atoms with E-state index in [-0.39, 0.29) is 0 Å². The number of nitrogens with zero attached hydrogens (tertiary/aromatic N) is 2. The fraction of sp³-hybridized carbons (Fsp3) is 0.250. The first-order valence-corrected chi connectivity index (χ1v) is 2.05. The average Bonchev–Trinajstić information content (AvgIpc) is 1.87. The lowest BCUT2D eigenvalue weighted by molar-refractivity contribution is 0.832. The SMILES string of the molecule is Cc1cnn(N)c1. The Morgan fingerprint density at radius 1 is 1.86 bits per heavy atom. The fourth-order valence-electron chi connectivity index (χ4n) is 0.433. The molecule has 1 rings (SSSR count). The van der Waals surface area contributed by atoms with Crippen LogP contribution < -0.4 is 5.84 Å². The van der Waals surface area contributed by atoms with Crippen molar-refractivity contribution in [2.75, 3.05) is 5.84 Å². The molecule has 0 amide bonds. The minimum atomic E-state index is 1.09. The highest BCUT2D eigenvalue weighted by Gasteiger charge is 1.82. The quantitative estimate of drug-likeness (QED) is 0.459. The molecule has 0 aliphatic rings.